The molecule has 3 nitrogen and oxygen atoms in total. The maximum Gasteiger partial charge on any atom is 0.131 e. The Balaban J connectivity index is 1.95. The largest absolute Gasteiger partial charge is 0.383 e. The molecular formula is C18H25N3. The Morgan fingerprint density at radius 2 is 1.90 bits per heavy atom. The summed E-state index contributed by atoms with van der Waals surface area (Å²) in [5.74, 6) is 3.25. The molecule has 0 atom stereocenters. The molecule has 3 rings (SSSR count). The van der Waals surface area contributed by atoms with Gasteiger partial charge in [-0.05, 0) is 30.2 Å². The van der Waals surface area contributed by atoms with Gasteiger partial charge in [-0.3, -0.25) is 0 Å². The van der Waals surface area contributed by atoms with Gasteiger partial charge in [0.15, 0.2) is 0 Å². The van der Waals surface area contributed by atoms with Gasteiger partial charge in [0.1, 0.15) is 17.3 Å². The SMILES string of the molecule is CCc1nc(-c2ccc(C3CC3)cc2)c(N)n1CC(C)C. The van der Waals surface area contributed by atoms with E-state index in [1.165, 1.54) is 18.4 Å². The lowest BCUT2D eigenvalue weighted by atomic mass is 10.1. The third kappa shape index (κ3) is 2.82. The van der Waals surface area contributed by atoms with Crippen LogP contribution in [-0.4, -0.2) is 9.55 Å². The molecule has 0 bridgehead atoms. The van der Waals surface area contributed by atoms with Gasteiger partial charge in [0.25, 0.3) is 0 Å². The fourth-order valence-corrected chi connectivity index (χ4v) is 2.89. The minimum absolute atomic E-state index is 0.567. The second kappa shape index (κ2) is 5.55. The number of nitrogens with two attached hydrogens (primary N) is 1. The number of hydrogen-bond donors (Lipinski definition) is 1. The van der Waals surface area contributed by atoms with Crippen molar-refractivity contribution in [3.63, 3.8) is 0 Å². The summed E-state index contributed by atoms with van der Waals surface area (Å²) in [7, 11) is 0. The van der Waals surface area contributed by atoms with Crippen LogP contribution in [0.15, 0.2) is 24.3 Å². The van der Waals surface area contributed by atoms with Crippen LogP contribution in [0.2, 0.25) is 0 Å². The van der Waals surface area contributed by atoms with Crippen molar-refractivity contribution in [1.29, 1.82) is 0 Å². The van der Waals surface area contributed by atoms with Gasteiger partial charge in [-0.1, -0.05) is 45.0 Å². The fourth-order valence-electron chi connectivity index (χ4n) is 2.89. The van der Waals surface area contributed by atoms with E-state index in [1.54, 1.807) is 0 Å². The second-order valence-corrected chi connectivity index (χ2v) is 6.52. The van der Waals surface area contributed by atoms with Crippen LogP contribution in [0.1, 0.15) is 50.9 Å². The summed E-state index contributed by atoms with van der Waals surface area (Å²) in [4.78, 5) is 4.78. The molecule has 1 aromatic heterocycles. The molecule has 112 valence electrons. The summed E-state index contributed by atoms with van der Waals surface area (Å²) >= 11 is 0. The van der Waals surface area contributed by atoms with Crippen LogP contribution < -0.4 is 5.73 Å². The predicted octanol–water partition coefficient (Wildman–Crippen LogP) is 4.23. The van der Waals surface area contributed by atoms with E-state index in [0.29, 0.717) is 5.92 Å². The summed E-state index contributed by atoms with van der Waals surface area (Å²) in [6.45, 7) is 7.49. The van der Waals surface area contributed by atoms with Crippen LogP contribution in [0, 0.1) is 5.92 Å². The molecule has 0 amide bonds. The van der Waals surface area contributed by atoms with Crippen molar-refractivity contribution < 1.29 is 0 Å². The minimum Gasteiger partial charge on any atom is -0.383 e. The molecule has 1 aliphatic rings. The summed E-state index contributed by atoms with van der Waals surface area (Å²) in [6.07, 6.45) is 3.59. The zero-order valence-corrected chi connectivity index (χ0v) is 13.3. The predicted molar refractivity (Wildman–Crippen MR) is 88.3 cm³/mol. The van der Waals surface area contributed by atoms with E-state index in [0.717, 1.165) is 41.8 Å². The van der Waals surface area contributed by atoms with Gasteiger partial charge in [0.05, 0.1) is 0 Å². The first-order valence-electron chi connectivity index (χ1n) is 8.05. The highest BCUT2D eigenvalue weighted by molar-refractivity contribution is 5.71. The zero-order chi connectivity index (χ0) is 15.0. The van der Waals surface area contributed by atoms with Gasteiger partial charge >= 0.3 is 0 Å². The molecule has 0 unspecified atom stereocenters. The fraction of sp³-hybridized carbons (Fsp3) is 0.500. The van der Waals surface area contributed by atoms with Crippen LogP contribution in [-0.2, 0) is 13.0 Å². The van der Waals surface area contributed by atoms with Crippen molar-refractivity contribution >= 4 is 5.82 Å². The molecule has 3 heteroatoms. The van der Waals surface area contributed by atoms with Gasteiger partial charge < -0.3 is 10.3 Å². The molecule has 2 N–H and O–H groups in total. The van der Waals surface area contributed by atoms with Crippen molar-refractivity contribution in [2.45, 2.75) is 52.5 Å². The maximum absolute atomic E-state index is 6.37. The van der Waals surface area contributed by atoms with Crippen molar-refractivity contribution in [3.8, 4) is 11.3 Å². The first kappa shape index (κ1) is 14.2. The smallest absolute Gasteiger partial charge is 0.131 e. The average Bonchev–Trinajstić information content (AvgIpc) is 3.27. The summed E-state index contributed by atoms with van der Waals surface area (Å²) < 4.78 is 2.18. The van der Waals surface area contributed by atoms with Crippen LogP contribution in [0.5, 0.6) is 0 Å². The lowest BCUT2D eigenvalue weighted by molar-refractivity contribution is 0.513. The normalized spacial score (nSPS) is 14.9. The van der Waals surface area contributed by atoms with Crippen LogP contribution in [0.4, 0.5) is 5.82 Å². The van der Waals surface area contributed by atoms with Crippen LogP contribution in [0.3, 0.4) is 0 Å². The van der Waals surface area contributed by atoms with Gasteiger partial charge in [-0.2, -0.15) is 0 Å². The summed E-state index contributed by atoms with van der Waals surface area (Å²) in [6, 6.07) is 8.82. The summed E-state index contributed by atoms with van der Waals surface area (Å²) in [5, 5.41) is 0. The van der Waals surface area contributed by atoms with E-state index in [4.69, 9.17) is 10.7 Å². The molecule has 21 heavy (non-hydrogen) atoms. The van der Waals surface area contributed by atoms with Crippen molar-refractivity contribution in [1.82, 2.24) is 9.55 Å². The number of nitrogen functional groups attached to an aromatic ring is 1. The number of imidazole rings is 1. The molecule has 0 radical (unpaired) electrons. The monoisotopic (exact) mass is 283 g/mol. The Labute approximate surface area is 127 Å². The Kier molecular flexibility index (Phi) is 3.75. The standard InChI is InChI=1S/C18H25N3/c1-4-16-20-17(18(19)21(16)11-12(2)3)15-9-7-14(8-10-15)13-5-6-13/h7-10,12-13H,4-6,11,19H2,1-3H3. The van der Waals surface area contributed by atoms with E-state index in [2.05, 4.69) is 49.6 Å². The zero-order valence-electron chi connectivity index (χ0n) is 13.3. The van der Waals surface area contributed by atoms with Gasteiger partial charge in [0, 0.05) is 18.5 Å². The number of benzene rings is 1. The van der Waals surface area contributed by atoms with Gasteiger partial charge in [-0.25, -0.2) is 4.98 Å². The molecule has 0 spiro atoms. The van der Waals surface area contributed by atoms with Crippen molar-refractivity contribution in [2.75, 3.05) is 5.73 Å². The lowest BCUT2D eigenvalue weighted by Gasteiger charge is -2.11. The van der Waals surface area contributed by atoms with E-state index in [9.17, 15) is 0 Å². The molecule has 1 heterocycles. The molecular weight excluding hydrogens is 258 g/mol. The Bertz CT molecular complexity index is 619. The molecule has 2 aromatic rings. The number of anilines is 1. The number of nitrogens with zero attached hydrogens (tertiary/aromatic N) is 2. The summed E-state index contributed by atoms with van der Waals surface area (Å²) in [5.41, 5.74) is 9.90. The highest BCUT2D eigenvalue weighted by atomic mass is 15.1. The van der Waals surface area contributed by atoms with E-state index < -0.39 is 0 Å². The maximum atomic E-state index is 6.37. The Morgan fingerprint density at radius 1 is 1.24 bits per heavy atom. The third-order valence-corrected chi connectivity index (χ3v) is 4.18. The molecule has 1 fully saturated rings. The van der Waals surface area contributed by atoms with Gasteiger partial charge in [0.2, 0.25) is 0 Å². The molecule has 1 aliphatic carbocycles. The third-order valence-electron chi connectivity index (χ3n) is 4.18. The number of hydrogen-bond acceptors (Lipinski definition) is 2. The quantitative estimate of drug-likeness (QED) is 0.892. The van der Waals surface area contributed by atoms with Crippen LogP contribution >= 0.6 is 0 Å². The minimum atomic E-state index is 0.567. The first-order valence-corrected chi connectivity index (χ1v) is 8.05. The highest BCUT2D eigenvalue weighted by Gasteiger charge is 2.23. The Morgan fingerprint density at radius 3 is 2.43 bits per heavy atom. The van der Waals surface area contributed by atoms with E-state index in [-0.39, 0.29) is 0 Å². The topological polar surface area (TPSA) is 43.8 Å². The van der Waals surface area contributed by atoms with Crippen molar-refractivity contribution in [3.05, 3.63) is 35.7 Å². The van der Waals surface area contributed by atoms with E-state index in [1.807, 2.05) is 0 Å². The number of rotatable bonds is 5. The van der Waals surface area contributed by atoms with Crippen molar-refractivity contribution in [2.24, 2.45) is 5.92 Å². The number of aromatic nitrogens is 2. The van der Waals surface area contributed by atoms with E-state index >= 15 is 0 Å². The second-order valence-electron chi connectivity index (χ2n) is 6.52. The first-order chi connectivity index (χ1) is 10.1. The molecule has 0 aliphatic heterocycles. The molecule has 1 aromatic carbocycles. The Hall–Kier alpha value is -1.77. The molecule has 1 saturated carbocycles. The molecule has 0 saturated heterocycles. The average molecular weight is 283 g/mol. The highest BCUT2D eigenvalue weighted by Crippen LogP contribution is 2.40. The lowest BCUT2D eigenvalue weighted by Crippen LogP contribution is -2.10. The van der Waals surface area contributed by atoms with Crippen LogP contribution in [0.25, 0.3) is 11.3 Å². The van der Waals surface area contributed by atoms with Gasteiger partial charge in [-0.15, -0.1) is 0 Å². The number of aryl methyl sites for hydroxylation is 1.